The Balaban J connectivity index is 0. The molecule has 0 unspecified atom stereocenters. The summed E-state index contributed by atoms with van der Waals surface area (Å²) in [5.74, 6) is 0. The van der Waals surface area contributed by atoms with E-state index in [2.05, 4.69) is 0 Å². The van der Waals surface area contributed by atoms with Crippen LogP contribution < -0.4 is 0 Å². The molecule has 0 fully saturated rings. The van der Waals surface area contributed by atoms with Crippen LogP contribution in [0.2, 0.25) is 0 Å². The second-order valence-electron chi connectivity index (χ2n) is 0.495. The molecule has 0 atom stereocenters. The van der Waals surface area contributed by atoms with Crippen molar-refractivity contribution < 1.29 is 43.1 Å². The Bertz CT molecular complexity index is 23.0. The van der Waals surface area contributed by atoms with Gasteiger partial charge in [0.05, 0.1) is 0 Å². The molecule has 0 bridgehead atoms. The molecule has 0 rings (SSSR count). The van der Waals surface area contributed by atoms with Crippen LogP contribution in [0.3, 0.4) is 0 Å². The van der Waals surface area contributed by atoms with E-state index < -0.39 is 7.25 Å². The van der Waals surface area contributed by atoms with Gasteiger partial charge in [0.25, 0.3) is 0 Å². The largest absolute Gasteiger partial charge is 0.673 e. The first-order chi connectivity index (χ1) is 2.00. The minimum absolute atomic E-state index is 0. The van der Waals surface area contributed by atoms with Crippen LogP contribution in [0.1, 0.15) is 0 Å². The summed E-state index contributed by atoms with van der Waals surface area (Å²) in [4.78, 5) is 0. The molecule has 0 aromatic rings. The standard InChI is InChI=1S/BF4.Sc/c2-1(3,4)5;/q-1;. The second-order valence-corrected chi connectivity index (χ2v) is 0.495. The van der Waals surface area contributed by atoms with Crippen LogP contribution in [-0.4, -0.2) is 7.25 Å². The molecule has 0 spiro atoms. The summed E-state index contributed by atoms with van der Waals surface area (Å²) in [6.07, 6.45) is 0. The quantitative estimate of drug-likeness (QED) is 0.344. The maximum absolute atomic E-state index is 9.75. The third kappa shape index (κ3) is 145. The van der Waals surface area contributed by atoms with Crippen LogP contribution in [0.15, 0.2) is 0 Å². The van der Waals surface area contributed by atoms with Crippen molar-refractivity contribution in [2.45, 2.75) is 0 Å². The van der Waals surface area contributed by atoms with Gasteiger partial charge in [-0.25, -0.2) is 0 Å². The van der Waals surface area contributed by atoms with Gasteiger partial charge in [-0.3, -0.25) is 0 Å². The molecule has 0 saturated carbocycles. The topological polar surface area (TPSA) is 0 Å². The average molecular weight is 132 g/mol. The van der Waals surface area contributed by atoms with Gasteiger partial charge < -0.3 is 17.3 Å². The molecule has 0 aliphatic heterocycles. The monoisotopic (exact) mass is 132 g/mol. The van der Waals surface area contributed by atoms with Gasteiger partial charge in [-0.05, 0) is 0 Å². The summed E-state index contributed by atoms with van der Waals surface area (Å²) < 4.78 is 39.0. The molecule has 0 nitrogen and oxygen atoms in total. The number of hydrogen-bond donors (Lipinski definition) is 0. The van der Waals surface area contributed by atoms with Gasteiger partial charge in [0, 0.05) is 25.8 Å². The van der Waals surface area contributed by atoms with E-state index in [0.29, 0.717) is 0 Å². The number of rotatable bonds is 0. The third-order valence-electron chi connectivity index (χ3n) is 0. The zero-order valence-corrected chi connectivity index (χ0v) is 4.47. The number of halogens is 4. The van der Waals surface area contributed by atoms with Gasteiger partial charge in [-0.2, -0.15) is 0 Å². The van der Waals surface area contributed by atoms with Crippen LogP contribution in [0.25, 0.3) is 0 Å². The second kappa shape index (κ2) is 2.77. The van der Waals surface area contributed by atoms with Crippen LogP contribution >= 0.6 is 0 Å². The van der Waals surface area contributed by atoms with Crippen molar-refractivity contribution in [2.75, 3.05) is 0 Å². The minimum atomic E-state index is -6.00. The molecule has 0 aromatic heterocycles. The molecule has 1 radical (unpaired) electrons. The average Bonchev–Trinajstić information content (AvgIpc) is 0.722. The Morgan fingerprint density at radius 2 is 0.833 bits per heavy atom. The van der Waals surface area contributed by atoms with E-state index in [0.717, 1.165) is 0 Å². The van der Waals surface area contributed by atoms with E-state index in [4.69, 9.17) is 0 Å². The van der Waals surface area contributed by atoms with E-state index >= 15 is 0 Å². The summed E-state index contributed by atoms with van der Waals surface area (Å²) in [5.41, 5.74) is 0. The molecular formula is BF4Sc-. The smallest absolute Gasteiger partial charge is 0.418 e. The zero-order chi connectivity index (χ0) is 4.50. The molecule has 35 valence electrons. The van der Waals surface area contributed by atoms with E-state index in [9.17, 15) is 17.3 Å². The normalized spacial score (nSPS) is 10.0. The van der Waals surface area contributed by atoms with Gasteiger partial charge in [0.2, 0.25) is 0 Å². The molecule has 6 heavy (non-hydrogen) atoms. The SMILES string of the molecule is F[B-](F)(F)F.[Sc]. The van der Waals surface area contributed by atoms with Gasteiger partial charge in [-0.1, -0.05) is 0 Å². The van der Waals surface area contributed by atoms with Crippen molar-refractivity contribution in [3.8, 4) is 0 Å². The molecule has 0 aliphatic rings. The molecular weight excluding hydrogens is 132 g/mol. The van der Waals surface area contributed by atoms with Crippen LogP contribution in [0.5, 0.6) is 0 Å². The summed E-state index contributed by atoms with van der Waals surface area (Å²) in [7, 11) is -6.00. The molecule has 0 amide bonds. The molecule has 0 N–H and O–H groups in total. The summed E-state index contributed by atoms with van der Waals surface area (Å²) >= 11 is 0. The summed E-state index contributed by atoms with van der Waals surface area (Å²) in [6.45, 7) is 0. The maximum atomic E-state index is 9.75. The fourth-order valence-electron chi connectivity index (χ4n) is 0. The van der Waals surface area contributed by atoms with Crippen molar-refractivity contribution in [3.05, 3.63) is 0 Å². The first kappa shape index (κ1) is 9.82. The Labute approximate surface area is 50.8 Å². The van der Waals surface area contributed by atoms with E-state index in [1.807, 2.05) is 0 Å². The van der Waals surface area contributed by atoms with E-state index in [1.54, 1.807) is 0 Å². The first-order valence-corrected chi connectivity index (χ1v) is 0.873. The molecule has 0 aromatic carbocycles. The maximum Gasteiger partial charge on any atom is 0.673 e. The first-order valence-electron chi connectivity index (χ1n) is 0.873. The van der Waals surface area contributed by atoms with Crippen molar-refractivity contribution in [3.63, 3.8) is 0 Å². The van der Waals surface area contributed by atoms with Crippen LogP contribution in [-0.2, 0) is 25.8 Å². The van der Waals surface area contributed by atoms with Gasteiger partial charge in [-0.15, -0.1) is 0 Å². The van der Waals surface area contributed by atoms with Gasteiger partial charge in [0.15, 0.2) is 0 Å². The summed E-state index contributed by atoms with van der Waals surface area (Å²) in [5, 5.41) is 0. The van der Waals surface area contributed by atoms with Crippen molar-refractivity contribution in [1.29, 1.82) is 0 Å². The minimum Gasteiger partial charge on any atom is -0.418 e. The predicted molar refractivity (Wildman–Crippen MR) is 10.2 cm³/mol. The van der Waals surface area contributed by atoms with Crippen molar-refractivity contribution >= 4 is 7.25 Å². The summed E-state index contributed by atoms with van der Waals surface area (Å²) in [6, 6.07) is 0. The fourth-order valence-corrected chi connectivity index (χ4v) is 0. The fraction of sp³-hybridized carbons (Fsp3) is 0. The van der Waals surface area contributed by atoms with E-state index in [-0.39, 0.29) is 25.8 Å². The molecule has 0 aliphatic carbocycles. The van der Waals surface area contributed by atoms with Gasteiger partial charge >= 0.3 is 7.25 Å². The Morgan fingerprint density at radius 3 is 0.833 bits per heavy atom. The Hall–Kier alpha value is 0.655. The Morgan fingerprint density at radius 1 is 0.833 bits per heavy atom. The van der Waals surface area contributed by atoms with Gasteiger partial charge in [0.1, 0.15) is 0 Å². The molecule has 0 heterocycles. The van der Waals surface area contributed by atoms with E-state index in [1.165, 1.54) is 0 Å². The number of hydrogen-bond acceptors (Lipinski definition) is 0. The zero-order valence-electron chi connectivity index (χ0n) is 2.67. The third-order valence-corrected chi connectivity index (χ3v) is 0. The molecule has 6 heteroatoms. The predicted octanol–water partition coefficient (Wildman–Crippen LogP) is 1.30. The van der Waals surface area contributed by atoms with Crippen LogP contribution in [0.4, 0.5) is 17.3 Å². The Kier molecular flexibility index (Phi) is 4.53. The van der Waals surface area contributed by atoms with Crippen molar-refractivity contribution in [2.24, 2.45) is 0 Å². The van der Waals surface area contributed by atoms with Crippen LogP contribution in [0, 0.1) is 0 Å². The van der Waals surface area contributed by atoms with Crippen molar-refractivity contribution in [1.82, 2.24) is 0 Å². The molecule has 0 saturated heterocycles.